The lowest BCUT2D eigenvalue weighted by Gasteiger charge is -2.22. The number of benzene rings is 1. The van der Waals surface area contributed by atoms with E-state index in [4.69, 9.17) is 4.74 Å². The predicted molar refractivity (Wildman–Crippen MR) is 71.4 cm³/mol. The van der Waals surface area contributed by atoms with Crippen LogP contribution >= 0.6 is 0 Å². The highest BCUT2D eigenvalue weighted by atomic mass is 16.5. The Morgan fingerprint density at radius 3 is 2.53 bits per heavy atom. The third-order valence-electron chi connectivity index (χ3n) is 2.60. The van der Waals surface area contributed by atoms with E-state index in [0.717, 1.165) is 24.3 Å². The Balaban J connectivity index is 3.11. The smallest absolute Gasteiger partial charge is 0.308 e. The van der Waals surface area contributed by atoms with Gasteiger partial charge in [0.1, 0.15) is 5.75 Å². The van der Waals surface area contributed by atoms with Crippen LogP contribution in [0, 0.1) is 0 Å². The topological polar surface area (TPSA) is 29.5 Å². The molecule has 0 amide bonds. The second kappa shape index (κ2) is 6.09. The Morgan fingerprint density at radius 2 is 2.06 bits per heavy atom. The summed E-state index contributed by atoms with van der Waals surface area (Å²) in [6.45, 7) is 11.1. The molecule has 0 aliphatic carbocycles. The van der Waals surface area contributed by atoms with Crippen LogP contribution in [0.1, 0.15) is 26.3 Å². The van der Waals surface area contributed by atoms with Gasteiger partial charge in [-0.05, 0) is 26.0 Å². The van der Waals surface area contributed by atoms with E-state index in [1.165, 1.54) is 6.92 Å². The molecule has 0 saturated heterocycles. The number of esters is 1. The summed E-state index contributed by atoms with van der Waals surface area (Å²) in [5, 5.41) is 0. The monoisotopic (exact) mass is 233 g/mol. The maximum absolute atomic E-state index is 11.0. The first-order valence-electron chi connectivity index (χ1n) is 5.82. The van der Waals surface area contributed by atoms with E-state index in [-0.39, 0.29) is 5.97 Å². The maximum atomic E-state index is 11.0. The molecule has 1 aromatic rings. The van der Waals surface area contributed by atoms with Crippen molar-refractivity contribution in [2.45, 2.75) is 20.8 Å². The molecule has 3 heteroatoms. The van der Waals surface area contributed by atoms with Crippen LogP contribution in [-0.4, -0.2) is 19.1 Å². The fourth-order valence-corrected chi connectivity index (χ4v) is 1.72. The molecule has 0 radical (unpaired) electrons. The first-order valence-corrected chi connectivity index (χ1v) is 5.82. The average Bonchev–Trinajstić information content (AvgIpc) is 2.30. The summed E-state index contributed by atoms with van der Waals surface area (Å²) in [6.07, 6.45) is 1.68. The van der Waals surface area contributed by atoms with E-state index in [0.29, 0.717) is 5.75 Å². The minimum atomic E-state index is -0.315. The summed E-state index contributed by atoms with van der Waals surface area (Å²) >= 11 is 0. The molecule has 0 bridgehead atoms. The number of ether oxygens (including phenoxy) is 1. The molecule has 0 spiro atoms. The van der Waals surface area contributed by atoms with E-state index < -0.39 is 0 Å². The van der Waals surface area contributed by atoms with Gasteiger partial charge in [-0.15, -0.1) is 0 Å². The van der Waals surface area contributed by atoms with Gasteiger partial charge in [-0.2, -0.15) is 0 Å². The molecule has 17 heavy (non-hydrogen) atoms. The fraction of sp³-hybridized carbons (Fsp3) is 0.357. The standard InChI is InChI=1S/C14H19NO2/c1-5-12-8-9-13(15(6-2)7-3)10-14(12)17-11(4)16/h5,8-10H,1,6-7H2,2-4H3. The van der Waals surface area contributed by atoms with Crippen LogP contribution in [0.4, 0.5) is 5.69 Å². The summed E-state index contributed by atoms with van der Waals surface area (Å²) in [5.74, 6) is 0.252. The Bertz CT molecular complexity index is 409. The summed E-state index contributed by atoms with van der Waals surface area (Å²) in [6, 6.07) is 5.81. The van der Waals surface area contributed by atoms with E-state index >= 15 is 0 Å². The van der Waals surface area contributed by atoms with Crippen molar-refractivity contribution in [3.63, 3.8) is 0 Å². The normalized spacial score (nSPS) is 9.82. The van der Waals surface area contributed by atoms with Crippen molar-refractivity contribution in [3.05, 3.63) is 30.3 Å². The molecular formula is C14H19NO2. The van der Waals surface area contributed by atoms with Crippen LogP contribution in [0.5, 0.6) is 5.75 Å². The van der Waals surface area contributed by atoms with E-state index in [2.05, 4.69) is 25.3 Å². The van der Waals surface area contributed by atoms with Crippen LogP contribution in [0.15, 0.2) is 24.8 Å². The molecule has 0 saturated carbocycles. The molecule has 1 aromatic carbocycles. The lowest BCUT2D eigenvalue weighted by molar-refractivity contribution is -0.131. The van der Waals surface area contributed by atoms with Gasteiger partial charge < -0.3 is 9.64 Å². The molecular weight excluding hydrogens is 214 g/mol. The number of nitrogens with zero attached hydrogens (tertiary/aromatic N) is 1. The first kappa shape index (κ1) is 13.3. The summed E-state index contributed by atoms with van der Waals surface area (Å²) < 4.78 is 5.18. The lowest BCUT2D eigenvalue weighted by atomic mass is 10.1. The van der Waals surface area contributed by atoms with E-state index in [1.807, 2.05) is 18.2 Å². The second-order valence-electron chi connectivity index (χ2n) is 3.69. The maximum Gasteiger partial charge on any atom is 0.308 e. The summed E-state index contributed by atoms with van der Waals surface area (Å²) in [7, 11) is 0. The Hall–Kier alpha value is -1.77. The molecule has 0 atom stereocenters. The molecule has 0 heterocycles. The van der Waals surface area contributed by atoms with E-state index in [1.54, 1.807) is 6.08 Å². The van der Waals surface area contributed by atoms with Crippen molar-refractivity contribution in [1.82, 2.24) is 0 Å². The number of carbonyl (C=O) groups excluding carboxylic acids is 1. The van der Waals surface area contributed by atoms with Crippen molar-refractivity contribution < 1.29 is 9.53 Å². The average molecular weight is 233 g/mol. The molecule has 92 valence electrons. The minimum Gasteiger partial charge on any atom is -0.426 e. The number of anilines is 1. The van der Waals surface area contributed by atoms with Crippen LogP contribution in [0.3, 0.4) is 0 Å². The number of rotatable bonds is 5. The van der Waals surface area contributed by atoms with Gasteiger partial charge in [-0.3, -0.25) is 4.79 Å². The molecule has 3 nitrogen and oxygen atoms in total. The van der Waals surface area contributed by atoms with Crippen molar-refractivity contribution in [1.29, 1.82) is 0 Å². The lowest BCUT2D eigenvalue weighted by Crippen LogP contribution is -2.21. The van der Waals surface area contributed by atoms with Crippen LogP contribution in [-0.2, 0) is 4.79 Å². The highest BCUT2D eigenvalue weighted by Gasteiger charge is 2.08. The van der Waals surface area contributed by atoms with Gasteiger partial charge in [-0.25, -0.2) is 0 Å². The molecule has 0 N–H and O–H groups in total. The van der Waals surface area contributed by atoms with Crippen molar-refractivity contribution in [2.75, 3.05) is 18.0 Å². The van der Waals surface area contributed by atoms with Gasteiger partial charge in [0.05, 0.1) is 0 Å². The van der Waals surface area contributed by atoms with Crippen LogP contribution in [0.25, 0.3) is 6.08 Å². The SMILES string of the molecule is C=Cc1ccc(N(CC)CC)cc1OC(C)=O. The molecule has 0 aromatic heterocycles. The van der Waals surface area contributed by atoms with Crippen LogP contribution in [0.2, 0.25) is 0 Å². The third kappa shape index (κ3) is 3.34. The van der Waals surface area contributed by atoms with Gasteiger partial charge in [0, 0.05) is 37.3 Å². The quantitative estimate of drug-likeness (QED) is 0.578. The summed E-state index contributed by atoms with van der Waals surface area (Å²) in [5.41, 5.74) is 1.88. The second-order valence-corrected chi connectivity index (χ2v) is 3.69. The largest absolute Gasteiger partial charge is 0.426 e. The Labute approximate surface area is 103 Å². The van der Waals surface area contributed by atoms with E-state index in [9.17, 15) is 4.79 Å². The fourth-order valence-electron chi connectivity index (χ4n) is 1.72. The van der Waals surface area contributed by atoms with Gasteiger partial charge in [0.2, 0.25) is 0 Å². The molecule has 0 fully saturated rings. The number of carbonyl (C=O) groups is 1. The zero-order valence-electron chi connectivity index (χ0n) is 10.7. The van der Waals surface area contributed by atoms with Crippen molar-refractivity contribution >= 4 is 17.7 Å². The minimum absolute atomic E-state index is 0.315. The molecule has 0 unspecified atom stereocenters. The molecule has 1 rings (SSSR count). The first-order chi connectivity index (χ1) is 8.12. The number of hydrogen-bond donors (Lipinski definition) is 0. The summed E-state index contributed by atoms with van der Waals surface area (Å²) in [4.78, 5) is 13.2. The van der Waals surface area contributed by atoms with Gasteiger partial charge >= 0.3 is 5.97 Å². The van der Waals surface area contributed by atoms with Gasteiger partial charge in [0.15, 0.2) is 0 Å². The predicted octanol–water partition coefficient (Wildman–Crippen LogP) is 3.10. The highest BCUT2D eigenvalue weighted by Crippen LogP contribution is 2.26. The van der Waals surface area contributed by atoms with Crippen molar-refractivity contribution in [2.24, 2.45) is 0 Å². The van der Waals surface area contributed by atoms with Gasteiger partial charge in [0.25, 0.3) is 0 Å². The molecule has 0 aliphatic rings. The third-order valence-corrected chi connectivity index (χ3v) is 2.60. The Kier molecular flexibility index (Phi) is 4.76. The zero-order valence-corrected chi connectivity index (χ0v) is 10.7. The van der Waals surface area contributed by atoms with Crippen molar-refractivity contribution in [3.8, 4) is 5.75 Å². The zero-order chi connectivity index (χ0) is 12.8. The van der Waals surface area contributed by atoms with Crippen LogP contribution < -0.4 is 9.64 Å². The number of hydrogen-bond acceptors (Lipinski definition) is 3. The highest BCUT2D eigenvalue weighted by molar-refractivity contribution is 5.73. The molecule has 0 aliphatic heterocycles. The van der Waals surface area contributed by atoms with Gasteiger partial charge in [-0.1, -0.05) is 12.7 Å². The Morgan fingerprint density at radius 1 is 1.41 bits per heavy atom.